The van der Waals surface area contributed by atoms with Crippen molar-refractivity contribution in [3.63, 3.8) is 0 Å². The lowest BCUT2D eigenvalue weighted by atomic mass is 10.3. The van der Waals surface area contributed by atoms with Crippen molar-refractivity contribution in [2.45, 2.75) is 0 Å². The molecule has 2 rings (SSSR count). The van der Waals surface area contributed by atoms with Crippen LogP contribution >= 0.6 is 27.5 Å². The van der Waals surface area contributed by atoms with E-state index >= 15 is 0 Å². The molecular weight excluding hydrogens is 285 g/mol. The van der Waals surface area contributed by atoms with Crippen molar-refractivity contribution in [3.05, 3.63) is 36.5 Å². The Balaban J connectivity index is 3.17. The zero-order chi connectivity index (χ0) is 11.2. The third-order valence-corrected chi connectivity index (χ3v) is 3.36. The highest BCUT2D eigenvalue weighted by Gasteiger charge is 2.11. The highest BCUT2D eigenvalue weighted by Crippen LogP contribution is 2.26. The van der Waals surface area contributed by atoms with Crippen LogP contribution in [0.1, 0.15) is 0 Å². The number of aryl methyl sites for hydroxylation is 1. The lowest BCUT2D eigenvalue weighted by molar-refractivity contribution is 0.828. The van der Waals surface area contributed by atoms with Crippen LogP contribution in [0, 0.1) is 0 Å². The maximum absolute atomic E-state index is 11.5. The third-order valence-electron chi connectivity index (χ3n) is 2.02. The number of fused-ring (bicyclic) bond motifs is 1. The lowest BCUT2D eigenvalue weighted by Crippen LogP contribution is -2.29. The van der Waals surface area contributed by atoms with E-state index in [0.29, 0.717) is 15.1 Å². The number of rotatable bonds is 0. The highest BCUT2D eigenvalue weighted by atomic mass is 79.9. The van der Waals surface area contributed by atoms with Gasteiger partial charge in [0, 0.05) is 13.2 Å². The summed E-state index contributed by atoms with van der Waals surface area (Å²) in [7, 11) is 1.52. The molecule has 0 amide bonds. The van der Waals surface area contributed by atoms with Crippen LogP contribution in [0.4, 0.5) is 0 Å². The number of hydrogen-bond acceptors (Lipinski definition) is 3. The zero-order valence-electron chi connectivity index (χ0n) is 7.54. The van der Waals surface area contributed by atoms with Crippen molar-refractivity contribution < 1.29 is 0 Å². The Kier molecular flexibility index (Phi) is 2.40. The molecule has 2 aromatic rings. The summed E-state index contributed by atoms with van der Waals surface area (Å²) in [6, 6.07) is 0. The van der Waals surface area contributed by atoms with Gasteiger partial charge in [0.15, 0.2) is 0 Å². The standard InChI is InChI=1S/C8H5BrClN3O2/c1-13-6-4(7(14)12-8(13)15)5(9)3(10)2-11-6/h2H,1H3,(H,12,14,15). The topological polar surface area (TPSA) is 67.8 Å². The summed E-state index contributed by atoms with van der Waals surface area (Å²) in [5.74, 6) is 0. The molecule has 0 saturated carbocycles. The molecule has 0 aliphatic carbocycles. The Bertz CT molecular complexity index is 661. The van der Waals surface area contributed by atoms with Gasteiger partial charge in [-0.25, -0.2) is 9.78 Å². The average Bonchev–Trinajstić information content (AvgIpc) is 2.18. The molecule has 2 aromatic heterocycles. The van der Waals surface area contributed by atoms with Crippen LogP contribution in [0.25, 0.3) is 11.0 Å². The summed E-state index contributed by atoms with van der Waals surface area (Å²) in [5.41, 5.74) is -0.718. The van der Waals surface area contributed by atoms with E-state index in [9.17, 15) is 9.59 Å². The molecule has 0 radical (unpaired) electrons. The summed E-state index contributed by atoms with van der Waals surface area (Å²) < 4.78 is 1.68. The predicted molar refractivity (Wildman–Crippen MR) is 60.3 cm³/mol. The van der Waals surface area contributed by atoms with E-state index in [1.165, 1.54) is 17.8 Å². The van der Waals surface area contributed by atoms with Crippen LogP contribution in [0.2, 0.25) is 5.02 Å². The number of nitrogens with one attached hydrogen (secondary N) is 1. The molecule has 5 nitrogen and oxygen atoms in total. The molecule has 0 aliphatic heterocycles. The van der Waals surface area contributed by atoms with E-state index in [1.807, 2.05) is 0 Å². The first-order chi connectivity index (χ1) is 7.02. The van der Waals surface area contributed by atoms with E-state index in [1.54, 1.807) is 0 Å². The van der Waals surface area contributed by atoms with E-state index in [0.717, 1.165) is 0 Å². The van der Waals surface area contributed by atoms with Crippen molar-refractivity contribution >= 4 is 38.6 Å². The fourth-order valence-electron chi connectivity index (χ4n) is 1.25. The van der Waals surface area contributed by atoms with Gasteiger partial charge in [-0.15, -0.1) is 0 Å². The second-order valence-corrected chi connectivity index (χ2v) is 4.14. The van der Waals surface area contributed by atoms with E-state index in [4.69, 9.17) is 11.6 Å². The Hall–Kier alpha value is -1.14. The van der Waals surface area contributed by atoms with Crippen molar-refractivity contribution in [1.82, 2.24) is 14.5 Å². The summed E-state index contributed by atoms with van der Waals surface area (Å²) in [5, 5.41) is 0.594. The summed E-state index contributed by atoms with van der Waals surface area (Å²) in [4.78, 5) is 28.9. The molecule has 1 N–H and O–H groups in total. The van der Waals surface area contributed by atoms with Gasteiger partial charge >= 0.3 is 5.69 Å². The minimum Gasteiger partial charge on any atom is -0.281 e. The second-order valence-electron chi connectivity index (χ2n) is 2.94. The molecule has 0 aliphatic rings. The van der Waals surface area contributed by atoms with Crippen LogP contribution in [0.5, 0.6) is 0 Å². The molecule has 7 heteroatoms. The summed E-state index contributed by atoms with van der Waals surface area (Å²) in [6.07, 6.45) is 1.38. The molecule has 2 heterocycles. The number of hydrogen-bond donors (Lipinski definition) is 1. The van der Waals surface area contributed by atoms with Crippen LogP contribution in [-0.2, 0) is 7.05 Å². The van der Waals surface area contributed by atoms with Gasteiger partial charge in [-0.1, -0.05) is 11.6 Å². The fourth-order valence-corrected chi connectivity index (χ4v) is 1.85. The normalized spacial score (nSPS) is 10.9. The SMILES string of the molecule is Cn1c(=O)[nH]c(=O)c2c(Br)c(Cl)cnc21. The van der Waals surface area contributed by atoms with Crippen LogP contribution in [-0.4, -0.2) is 14.5 Å². The van der Waals surface area contributed by atoms with E-state index in [2.05, 4.69) is 25.9 Å². The van der Waals surface area contributed by atoms with Crippen molar-refractivity contribution in [3.8, 4) is 0 Å². The largest absolute Gasteiger partial charge is 0.329 e. The third kappa shape index (κ3) is 1.49. The Morgan fingerprint density at radius 2 is 2.20 bits per heavy atom. The molecule has 15 heavy (non-hydrogen) atoms. The number of aromatic nitrogens is 3. The second kappa shape index (κ2) is 3.46. The number of halogens is 2. The van der Waals surface area contributed by atoms with E-state index < -0.39 is 11.2 Å². The molecular formula is C8H5BrClN3O2. The highest BCUT2D eigenvalue weighted by molar-refractivity contribution is 9.10. The van der Waals surface area contributed by atoms with Crippen LogP contribution in [0.15, 0.2) is 20.3 Å². The smallest absolute Gasteiger partial charge is 0.281 e. The number of aromatic amines is 1. The minimum absolute atomic E-state index is 0.268. The first-order valence-corrected chi connectivity index (χ1v) is 5.12. The number of pyridine rings is 1. The average molecular weight is 291 g/mol. The quantitative estimate of drug-likeness (QED) is 0.788. The predicted octanol–water partition coefficient (Wildman–Crippen LogP) is 1.04. The molecule has 0 bridgehead atoms. The van der Waals surface area contributed by atoms with E-state index in [-0.39, 0.29) is 5.39 Å². The van der Waals surface area contributed by atoms with Crippen molar-refractivity contribution in [1.29, 1.82) is 0 Å². The maximum atomic E-state index is 11.5. The van der Waals surface area contributed by atoms with Gasteiger partial charge in [-0.2, -0.15) is 0 Å². The molecule has 0 fully saturated rings. The van der Waals surface area contributed by atoms with Crippen molar-refractivity contribution in [2.24, 2.45) is 7.05 Å². The Morgan fingerprint density at radius 3 is 2.87 bits per heavy atom. The first kappa shape index (κ1) is 10.4. The molecule has 0 unspecified atom stereocenters. The lowest BCUT2D eigenvalue weighted by Gasteiger charge is -2.04. The number of H-pyrrole nitrogens is 1. The molecule has 0 aromatic carbocycles. The molecule has 78 valence electrons. The molecule has 0 atom stereocenters. The monoisotopic (exact) mass is 289 g/mol. The van der Waals surface area contributed by atoms with Gasteiger partial charge in [0.05, 0.1) is 14.9 Å². The first-order valence-electron chi connectivity index (χ1n) is 3.95. The maximum Gasteiger partial charge on any atom is 0.329 e. The van der Waals surface area contributed by atoms with Gasteiger partial charge in [0.1, 0.15) is 5.65 Å². The minimum atomic E-state index is -0.505. The van der Waals surface area contributed by atoms with Crippen LogP contribution < -0.4 is 11.2 Å². The molecule has 0 spiro atoms. The van der Waals surface area contributed by atoms with Crippen LogP contribution in [0.3, 0.4) is 0 Å². The summed E-state index contributed by atoms with van der Waals surface area (Å²) in [6.45, 7) is 0. The fraction of sp³-hybridized carbons (Fsp3) is 0.125. The summed E-state index contributed by atoms with van der Waals surface area (Å²) >= 11 is 8.99. The van der Waals surface area contributed by atoms with Gasteiger partial charge in [-0.05, 0) is 15.9 Å². The molecule has 0 saturated heterocycles. The van der Waals surface area contributed by atoms with Gasteiger partial charge in [-0.3, -0.25) is 14.3 Å². The Morgan fingerprint density at radius 1 is 1.53 bits per heavy atom. The van der Waals surface area contributed by atoms with Gasteiger partial charge in [0.2, 0.25) is 0 Å². The van der Waals surface area contributed by atoms with Gasteiger partial charge in [0.25, 0.3) is 5.56 Å². The van der Waals surface area contributed by atoms with Gasteiger partial charge < -0.3 is 0 Å². The Labute approximate surface area is 96.8 Å². The zero-order valence-corrected chi connectivity index (χ0v) is 9.89. The van der Waals surface area contributed by atoms with Crippen molar-refractivity contribution in [2.75, 3.05) is 0 Å². The number of nitrogens with zero attached hydrogens (tertiary/aromatic N) is 2.